The van der Waals surface area contributed by atoms with Gasteiger partial charge in [-0.25, -0.2) is 0 Å². The number of hydrogen-bond donors (Lipinski definition) is 2. The van der Waals surface area contributed by atoms with Crippen LogP contribution in [0.5, 0.6) is 0 Å². The van der Waals surface area contributed by atoms with Crippen LogP contribution in [0.3, 0.4) is 0 Å². The Balaban J connectivity index is 2.61. The van der Waals surface area contributed by atoms with Crippen LogP contribution in [0.15, 0.2) is 0 Å². The molecule has 0 aromatic carbocycles. The number of aliphatic carboxylic acids is 1. The van der Waals surface area contributed by atoms with Crippen LogP contribution in [0, 0.1) is 17.3 Å². The van der Waals surface area contributed by atoms with Crippen LogP contribution in [0.25, 0.3) is 0 Å². The van der Waals surface area contributed by atoms with Gasteiger partial charge in [0.25, 0.3) is 0 Å². The second kappa shape index (κ2) is 4.30. The molecule has 14 heavy (non-hydrogen) atoms. The van der Waals surface area contributed by atoms with E-state index >= 15 is 0 Å². The molecular formula is C11H21NO2. The molecule has 0 amide bonds. The van der Waals surface area contributed by atoms with Crippen molar-refractivity contribution in [3.8, 4) is 0 Å². The van der Waals surface area contributed by atoms with E-state index in [1.165, 1.54) is 0 Å². The number of nitrogens with two attached hydrogens (primary N) is 1. The summed E-state index contributed by atoms with van der Waals surface area (Å²) in [7, 11) is 0. The Bertz CT molecular complexity index is 215. The zero-order valence-corrected chi connectivity index (χ0v) is 9.12. The molecule has 3 N–H and O–H groups in total. The van der Waals surface area contributed by atoms with Gasteiger partial charge in [0, 0.05) is 0 Å². The molecule has 1 rings (SSSR count). The highest BCUT2D eigenvalue weighted by molar-refractivity contribution is 5.67. The fourth-order valence-electron chi connectivity index (χ4n) is 2.56. The molecule has 0 radical (unpaired) electrons. The summed E-state index contributed by atoms with van der Waals surface area (Å²) < 4.78 is 0. The summed E-state index contributed by atoms with van der Waals surface area (Å²) >= 11 is 0. The summed E-state index contributed by atoms with van der Waals surface area (Å²) in [4.78, 5) is 10.7. The van der Waals surface area contributed by atoms with Crippen molar-refractivity contribution in [3.05, 3.63) is 0 Å². The summed E-state index contributed by atoms with van der Waals surface area (Å²) in [5, 5.41) is 8.84. The Hall–Kier alpha value is -0.570. The normalized spacial score (nSPS) is 32.4. The molecule has 0 heterocycles. The minimum Gasteiger partial charge on any atom is -0.481 e. The lowest BCUT2D eigenvalue weighted by atomic mass is 9.80. The Morgan fingerprint density at radius 3 is 2.64 bits per heavy atom. The molecule has 0 aromatic rings. The van der Waals surface area contributed by atoms with Crippen LogP contribution in [-0.2, 0) is 4.79 Å². The van der Waals surface area contributed by atoms with Gasteiger partial charge < -0.3 is 10.8 Å². The van der Waals surface area contributed by atoms with E-state index in [4.69, 9.17) is 10.8 Å². The van der Waals surface area contributed by atoms with Gasteiger partial charge in [0.1, 0.15) is 0 Å². The number of carbonyl (C=O) groups is 1. The van der Waals surface area contributed by atoms with Gasteiger partial charge in [-0.05, 0) is 43.1 Å². The maximum absolute atomic E-state index is 10.7. The summed E-state index contributed by atoms with van der Waals surface area (Å²) in [6.07, 6.45) is 3.36. The zero-order chi connectivity index (χ0) is 10.8. The summed E-state index contributed by atoms with van der Waals surface area (Å²) in [6, 6.07) is 0. The first-order valence-electron chi connectivity index (χ1n) is 5.41. The van der Waals surface area contributed by atoms with E-state index in [1.54, 1.807) is 0 Å². The smallest absolute Gasteiger partial charge is 0.303 e. The molecule has 1 fully saturated rings. The van der Waals surface area contributed by atoms with Crippen LogP contribution in [0.4, 0.5) is 0 Å². The van der Waals surface area contributed by atoms with Gasteiger partial charge in [0.05, 0.1) is 6.42 Å². The van der Waals surface area contributed by atoms with Crippen LogP contribution in [0.1, 0.15) is 39.5 Å². The van der Waals surface area contributed by atoms with Crippen molar-refractivity contribution in [1.29, 1.82) is 0 Å². The maximum Gasteiger partial charge on any atom is 0.303 e. The van der Waals surface area contributed by atoms with E-state index in [-0.39, 0.29) is 11.8 Å². The third-order valence-corrected chi connectivity index (χ3v) is 3.64. The van der Waals surface area contributed by atoms with E-state index < -0.39 is 5.97 Å². The van der Waals surface area contributed by atoms with Crippen LogP contribution < -0.4 is 5.73 Å². The number of carboxylic acids is 1. The summed E-state index contributed by atoms with van der Waals surface area (Å²) in [6.45, 7) is 4.93. The lowest BCUT2D eigenvalue weighted by Crippen LogP contribution is -2.30. The van der Waals surface area contributed by atoms with Gasteiger partial charge in [-0.1, -0.05) is 13.8 Å². The van der Waals surface area contributed by atoms with Crippen molar-refractivity contribution < 1.29 is 9.90 Å². The molecule has 0 aliphatic heterocycles. The average Bonchev–Trinajstić information content (AvgIpc) is 2.49. The second-order valence-electron chi connectivity index (χ2n) is 5.02. The van der Waals surface area contributed by atoms with E-state index in [1.807, 2.05) is 0 Å². The first-order chi connectivity index (χ1) is 6.49. The van der Waals surface area contributed by atoms with Gasteiger partial charge in [0.15, 0.2) is 0 Å². The summed E-state index contributed by atoms with van der Waals surface area (Å²) in [5.74, 6) is 0.606. The van der Waals surface area contributed by atoms with Gasteiger partial charge in [0.2, 0.25) is 0 Å². The monoisotopic (exact) mass is 199 g/mol. The Labute approximate surface area is 85.7 Å². The van der Waals surface area contributed by atoms with Crippen LogP contribution in [-0.4, -0.2) is 17.6 Å². The highest BCUT2D eigenvalue weighted by Crippen LogP contribution is 2.46. The van der Waals surface area contributed by atoms with E-state index in [0.29, 0.717) is 18.4 Å². The third kappa shape index (κ3) is 2.47. The van der Waals surface area contributed by atoms with Gasteiger partial charge in [-0.2, -0.15) is 0 Å². The molecule has 1 unspecified atom stereocenters. The molecule has 1 aliphatic carbocycles. The van der Waals surface area contributed by atoms with Crippen molar-refractivity contribution in [3.63, 3.8) is 0 Å². The molecule has 0 saturated heterocycles. The molecule has 1 saturated carbocycles. The Morgan fingerprint density at radius 1 is 1.64 bits per heavy atom. The quantitative estimate of drug-likeness (QED) is 0.726. The lowest BCUT2D eigenvalue weighted by Gasteiger charge is -2.26. The topological polar surface area (TPSA) is 63.3 Å². The Morgan fingerprint density at radius 2 is 2.29 bits per heavy atom. The SMILES string of the molecule is CC(C)C1CC[C@](CN)(CC(=O)O)C1. The first-order valence-corrected chi connectivity index (χ1v) is 5.41. The maximum atomic E-state index is 10.7. The first kappa shape index (κ1) is 11.5. The molecule has 3 heteroatoms. The van der Waals surface area contributed by atoms with Crippen molar-refractivity contribution in [2.45, 2.75) is 39.5 Å². The van der Waals surface area contributed by atoms with E-state index in [0.717, 1.165) is 19.3 Å². The average molecular weight is 199 g/mol. The molecular weight excluding hydrogens is 178 g/mol. The van der Waals surface area contributed by atoms with E-state index in [2.05, 4.69) is 13.8 Å². The molecule has 0 spiro atoms. The molecule has 0 aromatic heterocycles. The predicted molar refractivity (Wildman–Crippen MR) is 55.9 cm³/mol. The van der Waals surface area contributed by atoms with Crippen molar-refractivity contribution in [2.24, 2.45) is 23.0 Å². The molecule has 3 nitrogen and oxygen atoms in total. The fraction of sp³-hybridized carbons (Fsp3) is 0.909. The molecule has 2 atom stereocenters. The minimum atomic E-state index is -0.708. The van der Waals surface area contributed by atoms with Crippen molar-refractivity contribution in [2.75, 3.05) is 6.54 Å². The molecule has 82 valence electrons. The zero-order valence-electron chi connectivity index (χ0n) is 9.12. The lowest BCUT2D eigenvalue weighted by molar-refractivity contribution is -0.139. The number of carboxylic acid groups (broad SMARTS) is 1. The fourth-order valence-corrected chi connectivity index (χ4v) is 2.56. The third-order valence-electron chi connectivity index (χ3n) is 3.64. The minimum absolute atomic E-state index is 0.110. The highest BCUT2D eigenvalue weighted by atomic mass is 16.4. The Kier molecular flexibility index (Phi) is 3.53. The highest BCUT2D eigenvalue weighted by Gasteiger charge is 2.40. The van der Waals surface area contributed by atoms with Gasteiger partial charge >= 0.3 is 5.97 Å². The van der Waals surface area contributed by atoms with Gasteiger partial charge in [-0.15, -0.1) is 0 Å². The van der Waals surface area contributed by atoms with Crippen molar-refractivity contribution in [1.82, 2.24) is 0 Å². The van der Waals surface area contributed by atoms with Crippen LogP contribution >= 0.6 is 0 Å². The van der Waals surface area contributed by atoms with Crippen LogP contribution in [0.2, 0.25) is 0 Å². The number of hydrogen-bond acceptors (Lipinski definition) is 2. The van der Waals surface area contributed by atoms with Crippen molar-refractivity contribution >= 4 is 5.97 Å². The second-order valence-corrected chi connectivity index (χ2v) is 5.02. The summed E-state index contributed by atoms with van der Waals surface area (Å²) in [5.41, 5.74) is 5.61. The standard InChI is InChI=1S/C11H21NO2/c1-8(2)9-3-4-11(5-9,7-12)6-10(13)14/h8-9H,3-7,12H2,1-2H3,(H,13,14)/t9?,11-/m1/s1. The molecule has 1 aliphatic rings. The predicted octanol–water partition coefficient (Wildman–Crippen LogP) is 1.86. The van der Waals surface area contributed by atoms with E-state index in [9.17, 15) is 4.79 Å². The molecule has 0 bridgehead atoms. The number of rotatable bonds is 4. The largest absolute Gasteiger partial charge is 0.481 e. The van der Waals surface area contributed by atoms with Gasteiger partial charge in [-0.3, -0.25) is 4.79 Å².